The summed E-state index contributed by atoms with van der Waals surface area (Å²) in [6.07, 6.45) is 6.96. The summed E-state index contributed by atoms with van der Waals surface area (Å²) in [5, 5.41) is 30.2. The zero-order valence-electron chi connectivity index (χ0n) is 10.2. The van der Waals surface area contributed by atoms with E-state index in [1.807, 2.05) is 17.2 Å². The Bertz CT molecular complexity index is 341. The highest BCUT2D eigenvalue weighted by Crippen LogP contribution is 2.43. The molecule has 3 aliphatic rings. The number of aliphatic hydroxyl groups is 1. The lowest BCUT2D eigenvalue weighted by atomic mass is 9.81. The standard InChI is InChI=1S/C12H19N2O4/c15-9-2-4-10(5-3-9)18-11-12(14(16)17)6-1-7-13(11)8-12/h1,7,9-11,15-16H,2-6,8H2/q-1/t9?,10?,11-,12-/m1/s1. The minimum atomic E-state index is -0.829. The van der Waals surface area contributed by atoms with Gasteiger partial charge in [-0.25, -0.2) is 0 Å². The van der Waals surface area contributed by atoms with Crippen LogP contribution >= 0.6 is 0 Å². The van der Waals surface area contributed by atoms with Crippen LogP contribution in [0.1, 0.15) is 32.1 Å². The van der Waals surface area contributed by atoms with Gasteiger partial charge in [0.1, 0.15) is 0 Å². The fourth-order valence-electron chi connectivity index (χ4n) is 3.16. The third kappa shape index (κ3) is 1.85. The molecule has 102 valence electrons. The summed E-state index contributed by atoms with van der Waals surface area (Å²) < 4.78 is 5.97. The lowest BCUT2D eigenvalue weighted by Gasteiger charge is -2.63. The number of nitrogens with zero attached hydrogens (tertiary/aromatic N) is 2. The Morgan fingerprint density at radius 1 is 1.33 bits per heavy atom. The molecule has 0 unspecified atom stereocenters. The first-order valence-corrected chi connectivity index (χ1v) is 6.54. The number of hydroxylamine groups is 2. The van der Waals surface area contributed by atoms with Gasteiger partial charge in [0, 0.05) is 6.54 Å². The van der Waals surface area contributed by atoms with Crippen molar-refractivity contribution in [3.63, 3.8) is 0 Å². The number of fused-ring (bicyclic) bond motifs is 2. The van der Waals surface area contributed by atoms with Crippen LogP contribution in [0.5, 0.6) is 0 Å². The lowest BCUT2D eigenvalue weighted by molar-refractivity contribution is -0.292. The molecule has 2 bridgehead atoms. The van der Waals surface area contributed by atoms with Gasteiger partial charge in [-0.3, -0.25) is 5.23 Å². The van der Waals surface area contributed by atoms with Gasteiger partial charge in [0.05, 0.1) is 17.7 Å². The largest absolute Gasteiger partial charge is 0.762 e. The van der Waals surface area contributed by atoms with E-state index in [1.54, 1.807) is 0 Å². The van der Waals surface area contributed by atoms with Crippen molar-refractivity contribution in [3.05, 3.63) is 17.5 Å². The Balaban J connectivity index is 1.64. The summed E-state index contributed by atoms with van der Waals surface area (Å²) in [6.45, 7) is 0.517. The van der Waals surface area contributed by atoms with Gasteiger partial charge in [-0.05, 0) is 38.3 Å². The van der Waals surface area contributed by atoms with E-state index in [1.165, 1.54) is 0 Å². The van der Waals surface area contributed by atoms with Crippen LogP contribution in [0.15, 0.2) is 12.3 Å². The zero-order valence-corrected chi connectivity index (χ0v) is 10.2. The molecule has 1 saturated heterocycles. The molecule has 2 N–H and O–H groups in total. The normalized spacial score (nSPS) is 43.1. The predicted molar refractivity (Wildman–Crippen MR) is 63.3 cm³/mol. The zero-order chi connectivity index (χ0) is 12.8. The quantitative estimate of drug-likeness (QED) is 0.726. The molecule has 0 radical (unpaired) electrons. The fraction of sp³-hybridized carbons (Fsp3) is 0.833. The summed E-state index contributed by atoms with van der Waals surface area (Å²) in [4.78, 5) is 1.94. The number of rotatable bonds is 3. The van der Waals surface area contributed by atoms with Crippen LogP contribution in [-0.4, -0.2) is 51.0 Å². The molecule has 0 spiro atoms. The van der Waals surface area contributed by atoms with E-state index in [0.29, 0.717) is 13.0 Å². The molecule has 6 nitrogen and oxygen atoms in total. The first kappa shape index (κ1) is 12.4. The van der Waals surface area contributed by atoms with Crippen molar-refractivity contribution in [1.82, 2.24) is 10.1 Å². The van der Waals surface area contributed by atoms with Gasteiger partial charge in [0.15, 0.2) is 6.23 Å². The molecular weight excluding hydrogens is 236 g/mol. The minimum absolute atomic E-state index is 0.0648. The number of hydrogen-bond donors (Lipinski definition) is 2. The second-order valence-electron chi connectivity index (χ2n) is 5.56. The smallest absolute Gasteiger partial charge is 0.151 e. The molecule has 3 rings (SSSR count). The van der Waals surface area contributed by atoms with Gasteiger partial charge < -0.3 is 25.2 Å². The average Bonchev–Trinajstić information content (AvgIpc) is 2.38. The van der Waals surface area contributed by atoms with E-state index in [9.17, 15) is 15.5 Å². The summed E-state index contributed by atoms with van der Waals surface area (Å²) in [6, 6.07) is 0. The molecule has 2 atom stereocenters. The van der Waals surface area contributed by atoms with Crippen LogP contribution in [-0.2, 0) is 4.74 Å². The van der Waals surface area contributed by atoms with E-state index in [2.05, 4.69) is 0 Å². The molecule has 0 aromatic heterocycles. The van der Waals surface area contributed by atoms with Crippen molar-refractivity contribution in [2.75, 3.05) is 6.54 Å². The van der Waals surface area contributed by atoms with Gasteiger partial charge in [-0.2, -0.15) is 0 Å². The monoisotopic (exact) mass is 255 g/mol. The maximum atomic E-state index is 11.4. The number of ether oxygens (including phenoxy) is 1. The van der Waals surface area contributed by atoms with E-state index in [0.717, 1.165) is 25.7 Å². The predicted octanol–water partition coefficient (Wildman–Crippen LogP) is 0.793. The Morgan fingerprint density at radius 2 is 2.06 bits per heavy atom. The summed E-state index contributed by atoms with van der Waals surface area (Å²) in [7, 11) is 0. The first-order valence-electron chi connectivity index (χ1n) is 6.54. The lowest BCUT2D eigenvalue weighted by Crippen LogP contribution is -2.76. The Kier molecular flexibility index (Phi) is 3.07. The first-order chi connectivity index (χ1) is 8.62. The highest BCUT2D eigenvalue weighted by atomic mass is 16.8. The summed E-state index contributed by atoms with van der Waals surface area (Å²) in [5.41, 5.74) is -0.829. The molecule has 1 aliphatic carbocycles. The fourth-order valence-corrected chi connectivity index (χ4v) is 3.16. The number of aliphatic hydroxyl groups excluding tert-OH is 1. The average molecular weight is 255 g/mol. The Hall–Kier alpha value is -0.660. The van der Waals surface area contributed by atoms with Gasteiger partial charge in [0.25, 0.3) is 0 Å². The van der Waals surface area contributed by atoms with Crippen LogP contribution in [0.3, 0.4) is 0 Å². The van der Waals surface area contributed by atoms with Crippen LogP contribution in [0.2, 0.25) is 0 Å². The molecule has 6 heteroatoms. The SMILES string of the molecule is [O-]N(O)[C@]12CC=CN(C1)[C@@H]2OC1CCC(O)CC1. The van der Waals surface area contributed by atoms with Gasteiger partial charge in [-0.15, -0.1) is 0 Å². The van der Waals surface area contributed by atoms with E-state index in [4.69, 9.17) is 4.74 Å². The summed E-state index contributed by atoms with van der Waals surface area (Å²) in [5.74, 6) is 0. The van der Waals surface area contributed by atoms with Crippen LogP contribution in [0.25, 0.3) is 0 Å². The molecular formula is C12H19N2O4-. The number of hydrogen-bond acceptors (Lipinski definition) is 6. The molecule has 18 heavy (non-hydrogen) atoms. The van der Waals surface area contributed by atoms with Crippen molar-refractivity contribution in [3.8, 4) is 0 Å². The van der Waals surface area contributed by atoms with Crippen molar-refractivity contribution in [2.45, 2.75) is 56.1 Å². The Morgan fingerprint density at radius 3 is 2.67 bits per heavy atom. The van der Waals surface area contributed by atoms with E-state index in [-0.39, 0.29) is 23.7 Å². The molecule has 0 aromatic carbocycles. The van der Waals surface area contributed by atoms with Crippen molar-refractivity contribution in [1.29, 1.82) is 0 Å². The van der Waals surface area contributed by atoms with Gasteiger partial charge >= 0.3 is 0 Å². The molecule has 0 aromatic rings. The topological polar surface area (TPSA) is 79.2 Å². The van der Waals surface area contributed by atoms with Crippen LogP contribution in [0, 0.1) is 5.21 Å². The molecule has 0 amide bonds. The molecule has 1 saturated carbocycles. The van der Waals surface area contributed by atoms with Crippen molar-refractivity contribution < 1.29 is 15.1 Å². The van der Waals surface area contributed by atoms with Crippen LogP contribution in [0.4, 0.5) is 0 Å². The third-order valence-electron chi connectivity index (χ3n) is 4.33. The van der Waals surface area contributed by atoms with Gasteiger partial charge in [-0.1, -0.05) is 6.08 Å². The summed E-state index contributed by atoms with van der Waals surface area (Å²) >= 11 is 0. The third-order valence-corrected chi connectivity index (χ3v) is 4.33. The van der Waals surface area contributed by atoms with E-state index < -0.39 is 5.54 Å². The van der Waals surface area contributed by atoms with Crippen molar-refractivity contribution >= 4 is 0 Å². The molecule has 2 aliphatic heterocycles. The highest BCUT2D eigenvalue weighted by molar-refractivity contribution is 5.18. The van der Waals surface area contributed by atoms with Gasteiger partial charge in [0.2, 0.25) is 0 Å². The Labute approximate surface area is 106 Å². The maximum Gasteiger partial charge on any atom is 0.151 e. The molecule has 2 fully saturated rings. The minimum Gasteiger partial charge on any atom is -0.762 e. The second-order valence-corrected chi connectivity index (χ2v) is 5.56. The van der Waals surface area contributed by atoms with Crippen LogP contribution < -0.4 is 0 Å². The highest BCUT2D eigenvalue weighted by Gasteiger charge is 2.55. The van der Waals surface area contributed by atoms with E-state index >= 15 is 0 Å². The second kappa shape index (κ2) is 4.47. The van der Waals surface area contributed by atoms with Crippen molar-refractivity contribution in [2.24, 2.45) is 0 Å². The molecule has 2 heterocycles. The maximum absolute atomic E-state index is 11.4.